The lowest BCUT2D eigenvalue weighted by atomic mass is 10.2. The summed E-state index contributed by atoms with van der Waals surface area (Å²) >= 11 is 1.03. The van der Waals surface area contributed by atoms with Gasteiger partial charge in [-0.3, -0.25) is 0 Å². The van der Waals surface area contributed by atoms with Crippen molar-refractivity contribution in [2.45, 2.75) is 32.1 Å². The van der Waals surface area contributed by atoms with Crippen LogP contribution in [0.5, 0.6) is 0 Å². The fourth-order valence-corrected chi connectivity index (χ4v) is 2.75. The van der Waals surface area contributed by atoms with Crippen LogP contribution < -0.4 is 5.32 Å². The van der Waals surface area contributed by atoms with Gasteiger partial charge in [0.1, 0.15) is 10.8 Å². The number of thiazole rings is 1. The summed E-state index contributed by atoms with van der Waals surface area (Å²) in [5, 5.41) is 4.70. The molecule has 4 nitrogen and oxygen atoms in total. The summed E-state index contributed by atoms with van der Waals surface area (Å²) < 4.78 is 39.5. The number of hydrogen-bond donors (Lipinski definition) is 1. The molecule has 0 fully saturated rings. The number of halogens is 3. The van der Waals surface area contributed by atoms with Gasteiger partial charge in [-0.15, -0.1) is 11.3 Å². The van der Waals surface area contributed by atoms with E-state index in [4.69, 9.17) is 0 Å². The zero-order chi connectivity index (χ0) is 14.8. The first-order valence-corrected chi connectivity index (χ1v) is 7.02. The molecule has 0 aliphatic heterocycles. The van der Waals surface area contributed by atoms with Crippen LogP contribution in [0.3, 0.4) is 0 Å². The molecule has 0 saturated heterocycles. The van der Waals surface area contributed by atoms with Crippen molar-refractivity contribution in [3.63, 3.8) is 0 Å². The van der Waals surface area contributed by atoms with Crippen molar-refractivity contribution in [3.05, 3.63) is 34.3 Å². The smallest absolute Gasteiger partial charge is 0.337 e. The van der Waals surface area contributed by atoms with Crippen molar-refractivity contribution in [1.82, 2.24) is 19.9 Å². The van der Waals surface area contributed by atoms with E-state index in [1.165, 1.54) is 0 Å². The van der Waals surface area contributed by atoms with E-state index < -0.39 is 11.9 Å². The second-order valence-corrected chi connectivity index (χ2v) is 5.25. The van der Waals surface area contributed by atoms with Gasteiger partial charge in [-0.05, 0) is 6.42 Å². The first kappa shape index (κ1) is 15.0. The number of aromatic nitrogens is 3. The molecule has 2 rings (SSSR count). The number of aryl methyl sites for hydroxylation is 1. The number of imidazole rings is 1. The Morgan fingerprint density at radius 2 is 2.20 bits per heavy atom. The van der Waals surface area contributed by atoms with Crippen LogP contribution in [0, 0.1) is 0 Å². The zero-order valence-corrected chi connectivity index (χ0v) is 11.9. The first-order chi connectivity index (χ1) is 9.41. The van der Waals surface area contributed by atoms with Crippen LogP contribution in [0.15, 0.2) is 17.8 Å². The maximum absolute atomic E-state index is 12.5. The molecule has 0 spiro atoms. The van der Waals surface area contributed by atoms with Crippen LogP contribution in [-0.4, -0.2) is 14.5 Å². The van der Waals surface area contributed by atoms with Crippen molar-refractivity contribution in [2.75, 3.05) is 0 Å². The van der Waals surface area contributed by atoms with Gasteiger partial charge >= 0.3 is 6.18 Å². The second-order valence-electron chi connectivity index (χ2n) is 4.36. The maximum atomic E-state index is 12.5. The minimum absolute atomic E-state index is 0.201. The highest BCUT2D eigenvalue weighted by molar-refractivity contribution is 7.09. The Balaban J connectivity index is 2.05. The van der Waals surface area contributed by atoms with Crippen LogP contribution in [0.1, 0.15) is 35.9 Å². The summed E-state index contributed by atoms with van der Waals surface area (Å²) in [5.41, 5.74) is -0.824. The van der Waals surface area contributed by atoms with E-state index >= 15 is 0 Å². The largest absolute Gasteiger partial charge is 0.434 e. The monoisotopic (exact) mass is 304 g/mol. The third-order valence-corrected chi connectivity index (χ3v) is 3.90. The summed E-state index contributed by atoms with van der Waals surface area (Å²) in [4.78, 5) is 7.84. The number of nitrogens with one attached hydrogen (secondary N) is 1. The van der Waals surface area contributed by atoms with E-state index in [2.05, 4.69) is 15.3 Å². The second kappa shape index (κ2) is 5.92. The predicted octanol–water partition coefficient (Wildman–Crippen LogP) is 3.14. The fraction of sp³-hybridized carbons (Fsp3) is 0.500. The van der Waals surface area contributed by atoms with Crippen molar-refractivity contribution >= 4 is 11.3 Å². The highest BCUT2D eigenvalue weighted by Gasteiger charge is 2.34. The standard InChI is InChI=1S/C12H15F3N4S/c1-3-8(17-6-10-16-4-5-19(10)2)11-18-9(7-20-11)12(13,14)15/h4-5,7-8,17H,3,6H2,1-2H3/t8-/m0/s1. The third kappa shape index (κ3) is 3.37. The fourth-order valence-electron chi connectivity index (χ4n) is 1.77. The molecule has 20 heavy (non-hydrogen) atoms. The van der Waals surface area contributed by atoms with Gasteiger partial charge in [0.15, 0.2) is 5.69 Å². The van der Waals surface area contributed by atoms with Crippen LogP contribution in [0.2, 0.25) is 0 Å². The Hall–Kier alpha value is -1.41. The molecule has 2 aromatic heterocycles. The van der Waals surface area contributed by atoms with Crippen molar-refractivity contribution < 1.29 is 13.2 Å². The summed E-state index contributed by atoms with van der Waals surface area (Å²) in [6.07, 6.45) is -0.214. The molecule has 0 bridgehead atoms. The molecule has 0 amide bonds. The molecule has 8 heteroatoms. The van der Waals surface area contributed by atoms with Gasteiger partial charge in [-0.1, -0.05) is 6.92 Å². The Labute approximate surface area is 118 Å². The molecule has 2 heterocycles. The Bertz CT molecular complexity index is 561. The minimum Gasteiger partial charge on any atom is -0.337 e. The van der Waals surface area contributed by atoms with E-state index in [-0.39, 0.29) is 6.04 Å². The Morgan fingerprint density at radius 3 is 2.70 bits per heavy atom. The molecular formula is C12H15F3N4S. The van der Waals surface area contributed by atoms with Gasteiger partial charge < -0.3 is 9.88 Å². The Kier molecular flexibility index (Phi) is 4.44. The molecule has 0 unspecified atom stereocenters. The van der Waals surface area contributed by atoms with Gasteiger partial charge in [-0.25, -0.2) is 9.97 Å². The SMILES string of the molecule is CC[C@H](NCc1nccn1C)c1nc(C(F)(F)F)cs1. The number of hydrogen-bond acceptors (Lipinski definition) is 4. The van der Waals surface area contributed by atoms with E-state index in [9.17, 15) is 13.2 Å². The van der Waals surface area contributed by atoms with Crippen molar-refractivity contribution in [1.29, 1.82) is 0 Å². The maximum Gasteiger partial charge on any atom is 0.434 e. The third-order valence-electron chi connectivity index (χ3n) is 2.95. The summed E-state index contributed by atoms with van der Waals surface area (Å²) in [7, 11) is 1.87. The van der Waals surface area contributed by atoms with Gasteiger partial charge in [0.25, 0.3) is 0 Å². The molecule has 110 valence electrons. The topological polar surface area (TPSA) is 42.7 Å². The van der Waals surface area contributed by atoms with E-state index in [0.29, 0.717) is 18.0 Å². The lowest BCUT2D eigenvalue weighted by molar-refractivity contribution is -0.140. The normalized spacial score (nSPS) is 13.7. The molecular weight excluding hydrogens is 289 g/mol. The summed E-state index contributed by atoms with van der Waals surface area (Å²) in [6.45, 7) is 2.40. The molecule has 0 aromatic carbocycles. The Morgan fingerprint density at radius 1 is 1.45 bits per heavy atom. The number of rotatable bonds is 5. The highest BCUT2D eigenvalue weighted by atomic mass is 32.1. The van der Waals surface area contributed by atoms with Gasteiger partial charge in [0, 0.05) is 24.8 Å². The van der Waals surface area contributed by atoms with Crippen molar-refractivity contribution in [2.24, 2.45) is 7.05 Å². The van der Waals surface area contributed by atoms with Gasteiger partial charge in [0.2, 0.25) is 0 Å². The lowest BCUT2D eigenvalue weighted by Gasteiger charge is -2.14. The molecule has 2 aromatic rings. The number of nitrogens with zero attached hydrogens (tertiary/aromatic N) is 3. The molecule has 1 atom stereocenters. The molecule has 0 aliphatic rings. The van der Waals surface area contributed by atoms with Crippen LogP contribution in [0.25, 0.3) is 0 Å². The lowest BCUT2D eigenvalue weighted by Crippen LogP contribution is -2.22. The predicted molar refractivity (Wildman–Crippen MR) is 70.2 cm³/mol. The van der Waals surface area contributed by atoms with Gasteiger partial charge in [0.05, 0.1) is 12.6 Å². The van der Waals surface area contributed by atoms with Gasteiger partial charge in [-0.2, -0.15) is 13.2 Å². The number of alkyl halides is 3. The first-order valence-electron chi connectivity index (χ1n) is 6.14. The van der Waals surface area contributed by atoms with E-state index in [0.717, 1.165) is 22.5 Å². The summed E-state index contributed by atoms with van der Waals surface area (Å²) in [5.74, 6) is 0.830. The van der Waals surface area contributed by atoms with Crippen molar-refractivity contribution in [3.8, 4) is 0 Å². The van der Waals surface area contributed by atoms with Crippen LogP contribution in [0.4, 0.5) is 13.2 Å². The molecule has 0 aliphatic carbocycles. The molecule has 0 saturated carbocycles. The van der Waals surface area contributed by atoms with E-state index in [1.54, 1.807) is 6.20 Å². The minimum atomic E-state index is -4.38. The van der Waals surface area contributed by atoms with Crippen LogP contribution in [-0.2, 0) is 19.8 Å². The average molecular weight is 304 g/mol. The quantitative estimate of drug-likeness (QED) is 0.923. The summed E-state index contributed by atoms with van der Waals surface area (Å²) in [6, 6.07) is -0.201. The van der Waals surface area contributed by atoms with Crippen LogP contribution >= 0.6 is 11.3 Å². The molecule has 0 radical (unpaired) electrons. The highest BCUT2D eigenvalue weighted by Crippen LogP contribution is 2.32. The molecule has 1 N–H and O–H groups in total. The average Bonchev–Trinajstić information content (AvgIpc) is 2.99. The zero-order valence-electron chi connectivity index (χ0n) is 11.1. The van der Waals surface area contributed by atoms with E-state index in [1.807, 2.05) is 24.7 Å².